The van der Waals surface area contributed by atoms with Crippen LogP contribution in [0.2, 0.25) is 0 Å². The highest BCUT2D eigenvalue weighted by Crippen LogP contribution is 2.28. The van der Waals surface area contributed by atoms with E-state index in [0.29, 0.717) is 22.6 Å². The first-order valence-corrected chi connectivity index (χ1v) is 7.93. The molecule has 0 aliphatic heterocycles. The average molecular weight is 392 g/mol. The summed E-state index contributed by atoms with van der Waals surface area (Å²) in [5.74, 6) is 0.633. The highest BCUT2D eigenvalue weighted by molar-refractivity contribution is 9.10. The van der Waals surface area contributed by atoms with Crippen molar-refractivity contribution in [2.24, 2.45) is 0 Å². The van der Waals surface area contributed by atoms with Crippen LogP contribution in [0, 0.1) is 0 Å². The lowest BCUT2D eigenvalue weighted by Crippen LogP contribution is -2.24. The van der Waals surface area contributed by atoms with Crippen molar-refractivity contribution in [3.8, 4) is 17.6 Å². The van der Waals surface area contributed by atoms with E-state index in [1.165, 1.54) is 7.11 Å². The third-order valence-electron chi connectivity index (χ3n) is 3.20. The van der Waals surface area contributed by atoms with Crippen molar-refractivity contribution in [2.45, 2.75) is 13.0 Å². The van der Waals surface area contributed by atoms with E-state index >= 15 is 0 Å². The molecule has 0 aliphatic rings. The average Bonchev–Trinajstić information content (AvgIpc) is 2.97. The summed E-state index contributed by atoms with van der Waals surface area (Å²) >= 11 is 3.38. The monoisotopic (exact) mass is 391 g/mol. The third-order valence-corrected chi connectivity index (χ3v) is 3.70. The van der Waals surface area contributed by atoms with Gasteiger partial charge in [0.15, 0.2) is 11.7 Å². The number of carbonyl (C=O) groups excluding carboxylic acids is 1. The van der Waals surface area contributed by atoms with E-state index in [1.54, 1.807) is 31.2 Å². The number of methoxy groups -OCH3 is 1. The molecular formula is C17H14BrNO5. The summed E-state index contributed by atoms with van der Waals surface area (Å²) in [4.78, 5) is 15.6. The van der Waals surface area contributed by atoms with Crippen molar-refractivity contribution in [1.82, 2.24) is 4.98 Å². The van der Waals surface area contributed by atoms with Crippen molar-refractivity contribution >= 4 is 33.0 Å². The van der Waals surface area contributed by atoms with Crippen molar-refractivity contribution in [3.63, 3.8) is 0 Å². The minimum atomic E-state index is -0.683. The van der Waals surface area contributed by atoms with Crippen molar-refractivity contribution < 1.29 is 23.4 Å². The van der Waals surface area contributed by atoms with Crippen molar-refractivity contribution in [2.75, 3.05) is 7.11 Å². The van der Waals surface area contributed by atoms with E-state index in [2.05, 4.69) is 25.7 Å². The summed E-state index contributed by atoms with van der Waals surface area (Å²) in [6.07, 6.45) is -0.531. The summed E-state index contributed by atoms with van der Waals surface area (Å²) in [7, 11) is 1.32. The second kappa shape index (κ2) is 6.92. The van der Waals surface area contributed by atoms with Gasteiger partial charge in [0.2, 0.25) is 0 Å². The lowest BCUT2D eigenvalue weighted by Gasteiger charge is -2.12. The van der Waals surface area contributed by atoms with Gasteiger partial charge in [-0.15, -0.1) is 0 Å². The molecule has 0 fully saturated rings. The molecule has 1 atom stereocenters. The first kappa shape index (κ1) is 16.3. The van der Waals surface area contributed by atoms with Crippen LogP contribution in [0.3, 0.4) is 0 Å². The first-order valence-electron chi connectivity index (χ1n) is 7.13. The molecule has 0 bridgehead atoms. The first-order chi connectivity index (χ1) is 11.5. The predicted molar refractivity (Wildman–Crippen MR) is 90.3 cm³/mol. The number of nitrogens with zero attached hydrogens (tertiary/aromatic N) is 1. The quantitative estimate of drug-likeness (QED) is 0.603. The van der Waals surface area contributed by atoms with Gasteiger partial charge in [-0.3, -0.25) is 0 Å². The number of hydrogen-bond acceptors (Lipinski definition) is 6. The number of oxazole rings is 1. The third kappa shape index (κ3) is 3.68. The fourth-order valence-electron chi connectivity index (χ4n) is 2.03. The number of esters is 1. The maximum atomic E-state index is 11.3. The molecule has 1 aromatic heterocycles. The lowest BCUT2D eigenvalue weighted by molar-refractivity contribution is -0.147. The number of hydrogen-bond donors (Lipinski definition) is 0. The topological polar surface area (TPSA) is 70.8 Å². The van der Waals surface area contributed by atoms with E-state index in [1.807, 2.05) is 18.2 Å². The van der Waals surface area contributed by atoms with Gasteiger partial charge in [0, 0.05) is 4.47 Å². The standard InChI is InChI=1S/C17H14BrNO5/c1-10(16(20)21-2)22-12-4-6-13(7-5-12)23-17-19-14-9-11(18)3-8-15(14)24-17/h3-10H,1-2H3/t10-/m1/s1. The van der Waals surface area contributed by atoms with E-state index in [0.717, 1.165) is 4.47 Å². The number of benzene rings is 2. The molecule has 3 aromatic rings. The summed E-state index contributed by atoms with van der Waals surface area (Å²) in [6.45, 7) is 1.62. The molecule has 124 valence electrons. The van der Waals surface area contributed by atoms with Gasteiger partial charge in [0.25, 0.3) is 0 Å². The van der Waals surface area contributed by atoms with Crippen molar-refractivity contribution in [3.05, 3.63) is 46.9 Å². The Morgan fingerprint density at radius 1 is 1.17 bits per heavy atom. The molecule has 1 heterocycles. The number of ether oxygens (including phenoxy) is 3. The zero-order chi connectivity index (χ0) is 17.1. The number of rotatable bonds is 5. The smallest absolute Gasteiger partial charge is 0.400 e. The Balaban J connectivity index is 1.70. The van der Waals surface area contributed by atoms with Crippen LogP contribution >= 0.6 is 15.9 Å². The van der Waals surface area contributed by atoms with Crippen LogP contribution in [0.5, 0.6) is 17.6 Å². The minimum absolute atomic E-state index is 0.152. The molecule has 0 radical (unpaired) electrons. The van der Waals surface area contributed by atoms with Gasteiger partial charge < -0.3 is 18.6 Å². The van der Waals surface area contributed by atoms with Crippen LogP contribution in [-0.2, 0) is 9.53 Å². The molecule has 0 saturated carbocycles. The fourth-order valence-corrected chi connectivity index (χ4v) is 2.38. The maximum absolute atomic E-state index is 11.3. The molecule has 0 saturated heterocycles. The number of fused-ring (bicyclic) bond motifs is 1. The number of halogens is 1. The Bertz CT molecular complexity index is 859. The van der Waals surface area contributed by atoms with E-state index in [-0.39, 0.29) is 6.08 Å². The molecule has 3 rings (SSSR count). The predicted octanol–water partition coefficient (Wildman–Crippen LogP) is 4.32. The molecular weight excluding hydrogens is 378 g/mol. The van der Waals surface area contributed by atoms with Gasteiger partial charge in [0.1, 0.15) is 17.0 Å². The highest BCUT2D eigenvalue weighted by Gasteiger charge is 2.15. The minimum Gasteiger partial charge on any atom is -0.479 e. The Morgan fingerprint density at radius 3 is 2.58 bits per heavy atom. The van der Waals surface area contributed by atoms with E-state index in [4.69, 9.17) is 13.9 Å². The van der Waals surface area contributed by atoms with Gasteiger partial charge >= 0.3 is 12.0 Å². The molecule has 2 aromatic carbocycles. The lowest BCUT2D eigenvalue weighted by atomic mass is 10.3. The molecule has 0 aliphatic carbocycles. The van der Waals surface area contributed by atoms with E-state index < -0.39 is 12.1 Å². The Kier molecular flexibility index (Phi) is 4.71. The van der Waals surface area contributed by atoms with Crippen LogP contribution in [-0.4, -0.2) is 24.2 Å². The molecule has 6 nitrogen and oxygen atoms in total. The van der Waals surface area contributed by atoms with Crippen LogP contribution in [0.25, 0.3) is 11.1 Å². The molecule has 0 spiro atoms. The molecule has 0 N–H and O–H groups in total. The normalized spacial score (nSPS) is 12.0. The molecule has 0 unspecified atom stereocenters. The Hall–Kier alpha value is -2.54. The van der Waals surface area contributed by atoms with Gasteiger partial charge in [-0.25, -0.2) is 4.79 Å². The van der Waals surface area contributed by atoms with Crippen LogP contribution in [0.15, 0.2) is 51.4 Å². The molecule has 0 amide bonds. The molecule has 24 heavy (non-hydrogen) atoms. The van der Waals surface area contributed by atoms with Gasteiger partial charge in [-0.2, -0.15) is 4.98 Å². The molecule has 7 heteroatoms. The van der Waals surface area contributed by atoms with Crippen LogP contribution in [0.4, 0.5) is 0 Å². The summed E-state index contributed by atoms with van der Waals surface area (Å²) < 4.78 is 22.1. The second-order valence-electron chi connectivity index (χ2n) is 4.95. The van der Waals surface area contributed by atoms with Gasteiger partial charge in [0.05, 0.1) is 7.11 Å². The maximum Gasteiger partial charge on any atom is 0.400 e. The number of aromatic nitrogens is 1. The zero-order valence-electron chi connectivity index (χ0n) is 13.0. The SMILES string of the molecule is COC(=O)[C@@H](C)Oc1ccc(Oc2nc3cc(Br)ccc3o2)cc1. The van der Waals surface area contributed by atoms with Crippen molar-refractivity contribution in [1.29, 1.82) is 0 Å². The summed E-state index contributed by atoms with van der Waals surface area (Å²) in [6, 6.07) is 12.3. The van der Waals surface area contributed by atoms with Crippen LogP contribution in [0.1, 0.15) is 6.92 Å². The summed E-state index contributed by atoms with van der Waals surface area (Å²) in [5.41, 5.74) is 1.34. The highest BCUT2D eigenvalue weighted by atomic mass is 79.9. The van der Waals surface area contributed by atoms with E-state index in [9.17, 15) is 4.79 Å². The van der Waals surface area contributed by atoms with Crippen LogP contribution < -0.4 is 9.47 Å². The summed E-state index contributed by atoms with van der Waals surface area (Å²) in [5, 5.41) is 0. The second-order valence-corrected chi connectivity index (χ2v) is 5.86. The van der Waals surface area contributed by atoms with Gasteiger partial charge in [-0.1, -0.05) is 15.9 Å². The zero-order valence-corrected chi connectivity index (χ0v) is 14.6. The largest absolute Gasteiger partial charge is 0.479 e. The Morgan fingerprint density at radius 2 is 1.88 bits per heavy atom. The Labute approximate surface area is 146 Å². The fraction of sp³-hybridized carbons (Fsp3) is 0.176. The van der Waals surface area contributed by atoms with Gasteiger partial charge in [-0.05, 0) is 49.4 Å². The number of carbonyl (C=O) groups is 1.